The molecule has 1 N–H and O–H groups in total. The molecule has 6 aromatic rings. The van der Waals surface area contributed by atoms with Crippen molar-refractivity contribution >= 4 is 62.9 Å². The summed E-state index contributed by atoms with van der Waals surface area (Å²) in [7, 11) is -7.80. The van der Waals surface area contributed by atoms with Gasteiger partial charge >= 0.3 is 0 Å². The van der Waals surface area contributed by atoms with Crippen molar-refractivity contribution in [2.45, 2.75) is 55.6 Å². The minimum absolute atomic E-state index is 0.0496. The number of ether oxygens (including phenoxy) is 1. The summed E-state index contributed by atoms with van der Waals surface area (Å²) < 4.78 is 64.2. The van der Waals surface area contributed by atoms with Crippen molar-refractivity contribution in [3.05, 3.63) is 153 Å². The molecule has 2 saturated heterocycles. The van der Waals surface area contributed by atoms with Crippen molar-refractivity contribution in [3.63, 3.8) is 0 Å². The summed E-state index contributed by atoms with van der Waals surface area (Å²) in [5, 5.41) is 13.1. The standard InChI is InChI=1S/C53H60ClFN5O7PS2/c1-37(2)59-38(3)53(70(4,65)66)51(52(59)41-12-15-44(54)16-13-41)43-31-45(55)33-47(32-43)58-24-22-57(23-25-58)46-17-10-39(11-18-46)35-68(63,64)48-19-14-42(50(34-48)60(61)62)30-40(20-21-56-26-28-67-29-27-56)36-69-49-8-6-5-7-9-49/h5-19,31-34,37,40H,20-30,35-36H2,1-4H3,(H,63,64)/t40-/m0/s1. The minimum Gasteiger partial charge on any atom is -0.379 e. The number of sulfone groups is 1. The number of nitro groups is 1. The molecule has 3 heterocycles. The van der Waals surface area contributed by atoms with Crippen LogP contribution < -0.4 is 15.1 Å². The van der Waals surface area contributed by atoms with Gasteiger partial charge in [0.25, 0.3) is 5.69 Å². The fraction of sp³-hybridized carbons (Fsp3) is 0.358. The van der Waals surface area contributed by atoms with Crippen molar-refractivity contribution < 1.29 is 31.9 Å². The third-order valence-electron chi connectivity index (χ3n) is 13.3. The van der Waals surface area contributed by atoms with Gasteiger partial charge in [0.15, 0.2) is 9.84 Å². The van der Waals surface area contributed by atoms with E-state index < -0.39 is 27.9 Å². The minimum atomic E-state index is -4.05. The van der Waals surface area contributed by atoms with Crippen LogP contribution in [0.1, 0.15) is 43.1 Å². The summed E-state index contributed by atoms with van der Waals surface area (Å²) in [4.78, 5) is 31.5. The third-order valence-corrected chi connectivity index (χ3v) is 17.9. The Kier molecular flexibility index (Phi) is 16.3. The van der Waals surface area contributed by atoms with E-state index in [1.807, 2.05) is 79.1 Å². The molecule has 2 aliphatic rings. The zero-order chi connectivity index (χ0) is 49.7. The average molecular weight is 1030 g/mol. The predicted octanol–water partition coefficient (Wildman–Crippen LogP) is 10.9. The summed E-state index contributed by atoms with van der Waals surface area (Å²) in [6.45, 7) is 12.1. The molecule has 0 bridgehead atoms. The summed E-state index contributed by atoms with van der Waals surface area (Å²) in [6, 6.07) is 34.0. The first kappa shape index (κ1) is 51.4. The van der Waals surface area contributed by atoms with Crippen LogP contribution in [0, 0.1) is 28.8 Å². The number of thioether (sulfide) groups is 1. The Labute approximate surface area is 419 Å². The molecule has 0 spiro atoms. The second-order valence-electron chi connectivity index (χ2n) is 18.6. The molecule has 0 saturated carbocycles. The van der Waals surface area contributed by atoms with Crippen LogP contribution >= 0.6 is 30.7 Å². The highest BCUT2D eigenvalue weighted by molar-refractivity contribution is 7.99. The van der Waals surface area contributed by atoms with Crippen LogP contribution in [0.3, 0.4) is 0 Å². The van der Waals surface area contributed by atoms with Gasteiger partial charge in [-0.3, -0.25) is 19.6 Å². The lowest BCUT2D eigenvalue weighted by molar-refractivity contribution is -0.385. The quantitative estimate of drug-likeness (QED) is 0.0381. The molecule has 2 fully saturated rings. The lowest BCUT2D eigenvalue weighted by Crippen LogP contribution is -2.46. The Morgan fingerprint density at radius 1 is 0.857 bits per heavy atom. The van der Waals surface area contributed by atoms with Crippen molar-refractivity contribution in [1.29, 1.82) is 0 Å². The van der Waals surface area contributed by atoms with Crippen LogP contribution in [0.25, 0.3) is 22.4 Å². The summed E-state index contributed by atoms with van der Waals surface area (Å²) in [5.74, 6) is 0.438. The van der Waals surface area contributed by atoms with Gasteiger partial charge < -0.3 is 24.0 Å². The molecule has 5 aromatic carbocycles. The van der Waals surface area contributed by atoms with Crippen molar-refractivity contribution in [2.75, 3.05) is 80.8 Å². The third kappa shape index (κ3) is 12.2. The maximum Gasteiger partial charge on any atom is 0.273 e. The van der Waals surface area contributed by atoms with E-state index >= 15 is 4.39 Å². The summed E-state index contributed by atoms with van der Waals surface area (Å²) in [5.41, 5.74) is 5.52. The van der Waals surface area contributed by atoms with Gasteiger partial charge in [-0.2, -0.15) is 0 Å². The normalized spacial score (nSPS) is 16.1. The topological polar surface area (TPSA) is 138 Å². The summed E-state index contributed by atoms with van der Waals surface area (Å²) in [6.07, 6.45) is 2.33. The van der Waals surface area contributed by atoms with Crippen LogP contribution in [-0.2, 0) is 31.7 Å². The van der Waals surface area contributed by atoms with E-state index in [-0.39, 0.29) is 34.0 Å². The zero-order valence-electron chi connectivity index (χ0n) is 40.0. The first-order valence-corrected chi connectivity index (χ1v) is 28.7. The van der Waals surface area contributed by atoms with Crippen molar-refractivity contribution in [1.82, 2.24) is 9.47 Å². The molecular formula is C53H60ClFN5O7PS2. The Morgan fingerprint density at radius 3 is 2.14 bits per heavy atom. The molecule has 1 aromatic heterocycles. The highest BCUT2D eigenvalue weighted by Crippen LogP contribution is 2.46. The molecule has 8 rings (SSSR count). The van der Waals surface area contributed by atoms with E-state index in [0.717, 1.165) is 48.0 Å². The maximum absolute atomic E-state index is 15.7. The van der Waals surface area contributed by atoms with Gasteiger partial charge in [0, 0.05) is 107 Å². The highest BCUT2D eigenvalue weighted by Gasteiger charge is 2.32. The Morgan fingerprint density at radius 2 is 1.51 bits per heavy atom. The lowest BCUT2D eigenvalue weighted by atomic mass is 9.96. The number of nitrogens with zero attached hydrogens (tertiary/aromatic N) is 5. The molecule has 12 nitrogen and oxygen atoms in total. The van der Waals surface area contributed by atoms with Gasteiger partial charge in [-0.25, -0.2) is 12.8 Å². The monoisotopic (exact) mass is 1030 g/mol. The predicted molar refractivity (Wildman–Crippen MR) is 282 cm³/mol. The molecule has 17 heteroatoms. The number of morpholine rings is 1. The molecule has 2 atom stereocenters. The number of aromatic nitrogens is 1. The lowest BCUT2D eigenvalue weighted by Gasteiger charge is -2.37. The van der Waals surface area contributed by atoms with E-state index in [9.17, 15) is 28.0 Å². The van der Waals surface area contributed by atoms with Crippen LogP contribution in [0.5, 0.6) is 0 Å². The second-order valence-corrected chi connectivity index (χ2v) is 24.3. The van der Waals surface area contributed by atoms with Gasteiger partial charge in [-0.15, -0.1) is 11.8 Å². The van der Waals surface area contributed by atoms with Crippen LogP contribution in [0.4, 0.5) is 21.5 Å². The largest absolute Gasteiger partial charge is 0.379 e. The molecule has 370 valence electrons. The molecule has 0 radical (unpaired) electrons. The Hall–Kier alpha value is -4.99. The van der Waals surface area contributed by atoms with Gasteiger partial charge in [-0.1, -0.05) is 60.1 Å². The molecule has 2 aliphatic heterocycles. The van der Waals surface area contributed by atoms with E-state index in [1.54, 1.807) is 43.0 Å². The van der Waals surface area contributed by atoms with Crippen molar-refractivity contribution in [2.24, 2.45) is 5.92 Å². The SMILES string of the molecule is Cc1c(S(C)(=O)=O)c(-c2cc(F)cc(N3CCN(c4ccc(CP(=O)(O)c5ccc(C[C@H](CCN6CCOCC6)CSc6ccccc6)c([N+](=O)[O-])c5)cc4)CC3)c2)c(-c2ccc(Cl)cc2)n1C(C)C. The molecule has 0 aliphatic carbocycles. The number of halogens is 2. The van der Waals surface area contributed by atoms with E-state index in [4.69, 9.17) is 16.3 Å². The van der Waals surface area contributed by atoms with E-state index in [0.29, 0.717) is 90.2 Å². The van der Waals surface area contributed by atoms with Crippen LogP contribution in [0.15, 0.2) is 125 Å². The number of rotatable bonds is 18. The smallest absolute Gasteiger partial charge is 0.273 e. The highest BCUT2D eigenvalue weighted by atomic mass is 35.5. The molecule has 70 heavy (non-hydrogen) atoms. The fourth-order valence-electron chi connectivity index (χ4n) is 9.81. The summed E-state index contributed by atoms with van der Waals surface area (Å²) >= 11 is 8.00. The van der Waals surface area contributed by atoms with Crippen LogP contribution in [-0.4, -0.2) is 98.7 Å². The molecule has 0 amide bonds. The Bertz CT molecular complexity index is 2960. The number of benzene rings is 5. The first-order chi connectivity index (χ1) is 33.4. The zero-order valence-corrected chi connectivity index (χ0v) is 43.3. The number of hydrogen-bond acceptors (Lipinski definition) is 10. The number of hydrogen-bond donors (Lipinski definition) is 1. The van der Waals surface area contributed by atoms with Gasteiger partial charge in [0.05, 0.1) is 34.9 Å². The average Bonchev–Trinajstić information content (AvgIpc) is 3.67. The Balaban J connectivity index is 0.948. The van der Waals surface area contributed by atoms with Gasteiger partial charge in [0.1, 0.15) is 5.82 Å². The van der Waals surface area contributed by atoms with Crippen molar-refractivity contribution in [3.8, 4) is 22.4 Å². The first-order valence-electron chi connectivity index (χ1n) is 23.6. The van der Waals surface area contributed by atoms with Crippen LogP contribution in [0.2, 0.25) is 5.02 Å². The second kappa shape index (κ2) is 22.2. The van der Waals surface area contributed by atoms with E-state index in [2.05, 4.69) is 26.8 Å². The number of anilines is 2. The fourth-order valence-corrected chi connectivity index (χ4v) is 13.7. The maximum atomic E-state index is 15.7. The molecule has 1 unspecified atom stereocenters. The number of piperazine rings is 1. The number of nitro benzene ring substituents is 1. The van der Waals surface area contributed by atoms with E-state index in [1.165, 1.54) is 24.5 Å². The van der Waals surface area contributed by atoms with Gasteiger partial charge in [0.2, 0.25) is 7.37 Å². The van der Waals surface area contributed by atoms with Gasteiger partial charge in [-0.05, 0) is 123 Å². The molecular weight excluding hydrogens is 968 g/mol.